The van der Waals surface area contributed by atoms with E-state index < -0.39 is 0 Å². The number of nitrogens with two attached hydrogens (primary N) is 1. The van der Waals surface area contributed by atoms with Gasteiger partial charge in [0.2, 0.25) is 5.91 Å². The number of thiophene rings is 1. The van der Waals surface area contributed by atoms with Crippen LogP contribution in [0.25, 0.3) is 0 Å². The van der Waals surface area contributed by atoms with Gasteiger partial charge in [0.25, 0.3) is 0 Å². The van der Waals surface area contributed by atoms with Gasteiger partial charge in [-0.15, -0.1) is 36.2 Å². The summed E-state index contributed by atoms with van der Waals surface area (Å²) in [6.45, 7) is 4.97. The highest BCUT2D eigenvalue weighted by Crippen LogP contribution is 2.42. The summed E-state index contributed by atoms with van der Waals surface area (Å²) in [6, 6.07) is 4.70. The Morgan fingerprint density at radius 2 is 1.78 bits per heavy atom. The molecule has 1 saturated heterocycles. The Morgan fingerprint density at radius 3 is 2.37 bits per heavy atom. The maximum absolute atomic E-state index is 13.0. The van der Waals surface area contributed by atoms with Gasteiger partial charge >= 0.3 is 0 Å². The van der Waals surface area contributed by atoms with Crippen LogP contribution in [0.5, 0.6) is 0 Å². The van der Waals surface area contributed by atoms with Crippen LogP contribution < -0.4 is 5.73 Å². The third-order valence-corrected chi connectivity index (χ3v) is 7.64. The van der Waals surface area contributed by atoms with Gasteiger partial charge in [-0.25, -0.2) is 0 Å². The molecule has 0 spiro atoms. The number of fused-ring (bicyclic) bond motifs is 2. The molecule has 2 aliphatic carbocycles. The van der Waals surface area contributed by atoms with Gasteiger partial charge < -0.3 is 10.6 Å². The van der Waals surface area contributed by atoms with Crippen molar-refractivity contribution in [3.05, 3.63) is 22.4 Å². The second-order valence-electron chi connectivity index (χ2n) is 8.19. The number of piperazine rings is 1. The summed E-state index contributed by atoms with van der Waals surface area (Å²) in [5.74, 6) is 1.84. The van der Waals surface area contributed by atoms with Crippen LogP contribution in [0.15, 0.2) is 17.5 Å². The first-order chi connectivity index (χ1) is 12.2. The maximum Gasteiger partial charge on any atom is 0.225 e. The van der Waals surface area contributed by atoms with Gasteiger partial charge in [0.05, 0.1) is 0 Å². The topological polar surface area (TPSA) is 49.6 Å². The van der Waals surface area contributed by atoms with E-state index in [1.165, 1.54) is 24.1 Å². The fourth-order valence-electron chi connectivity index (χ4n) is 5.16. The summed E-state index contributed by atoms with van der Waals surface area (Å²) >= 11 is 1.84. The van der Waals surface area contributed by atoms with E-state index in [4.69, 9.17) is 5.73 Å². The van der Waals surface area contributed by atoms with Crippen LogP contribution in [-0.4, -0.2) is 54.5 Å². The zero-order valence-corrected chi connectivity index (χ0v) is 18.4. The number of carbonyl (C=O) groups excluding carboxylic acids is 1. The van der Waals surface area contributed by atoms with Gasteiger partial charge in [-0.3, -0.25) is 9.69 Å². The maximum atomic E-state index is 13.0. The van der Waals surface area contributed by atoms with Crippen molar-refractivity contribution in [1.29, 1.82) is 0 Å². The molecule has 2 heterocycles. The average Bonchev–Trinajstić information content (AvgIpc) is 3.13. The van der Waals surface area contributed by atoms with E-state index in [0.717, 1.165) is 52.0 Å². The molecule has 4 rings (SSSR count). The fraction of sp³-hybridized carbons (Fsp3) is 0.750. The number of halogens is 2. The Hall–Kier alpha value is -0.330. The molecule has 1 aliphatic heterocycles. The van der Waals surface area contributed by atoms with Crippen molar-refractivity contribution in [2.75, 3.05) is 32.7 Å². The molecule has 2 N–H and O–H groups in total. The van der Waals surface area contributed by atoms with Gasteiger partial charge in [0.1, 0.15) is 0 Å². The van der Waals surface area contributed by atoms with Crippen LogP contribution in [0.3, 0.4) is 0 Å². The number of hydrogen-bond donors (Lipinski definition) is 1. The smallest absolute Gasteiger partial charge is 0.225 e. The molecule has 1 amide bonds. The highest BCUT2D eigenvalue weighted by atomic mass is 35.5. The summed E-state index contributed by atoms with van der Waals surface area (Å²) in [4.78, 5) is 19.1. The normalized spacial score (nSPS) is 30.9. The van der Waals surface area contributed by atoms with Crippen molar-refractivity contribution >= 4 is 42.1 Å². The minimum atomic E-state index is 0. The summed E-state index contributed by atoms with van der Waals surface area (Å²) in [5.41, 5.74) is 6.39. The van der Waals surface area contributed by atoms with Crippen molar-refractivity contribution in [1.82, 2.24) is 9.80 Å². The molecule has 154 valence electrons. The summed E-state index contributed by atoms with van der Waals surface area (Å²) < 4.78 is 0. The molecule has 3 aliphatic rings. The summed E-state index contributed by atoms with van der Waals surface area (Å²) in [6.07, 6.45) is 6.99. The number of amides is 1. The molecule has 2 atom stereocenters. The Labute approximate surface area is 179 Å². The predicted octanol–water partition coefficient (Wildman–Crippen LogP) is 3.43. The minimum absolute atomic E-state index is 0. The number of nitrogens with zero attached hydrogens (tertiary/aromatic N) is 2. The lowest BCUT2D eigenvalue weighted by molar-refractivity contribution is -0.140. The highest BCUT2D eigenvalue weighted by Gasteiger charge is 2.41. The van der Waals surface area contributed by atoms with Crippen LogP contribution in [-0.2, 0) is 11.2 Å². The molecule has 2 bridgehead atoms. The molecule has 3 fully saturated rings. The van der Waals surface area contributed by atoms with Crippen molar-refractivity contribution in [3.8, 4) is 0 Å². The van der Waals surface area contributed by atoms with Crippen LogP contribution in [0.2, 0.25) is 0 Å². The lowest BCUT2D eigenvalue weighted by Gasteiger charge is -2.45. The van der Waals surface area contributed by atoms with E-state index in [-0.39, 0.29) is 30.7 Å². The van der Waals surface area contributed by atoms with E-state index in [9.17, 15) is 4.79 Å². The highest BCUT2D eigenvalue weighted by molar-refractivity contribution is 7.09. The first-order valence-corrected chi connectivity index (χ1v) is 10.9. The zero-order chi connectivity index (χ0) is 17.2. The molecule has 4 nitrogen and oxygen atoms in total. The second-order valence-corrected chi connectivity index (χ2v) is 9.23. The molecule has 7 heteroatoms. The molecular weight excluding hydrogens is 401 g/mol. The lowest BCUT2D eigenvalue weighted by Crippen LogP contribution is -2.53. The fourth-order valence-corrected chi connectivity index (χ4v) is 5.86. The summed E-state index contributed by atoms with van der Waals surface area (Å²) in [7, 11) is 0. The molecule has 1 aromatic heterocycles. The molecule has 0 aromatic carbocycles. The zero-order valence-electron chi connectivity index (χ0n) is 15.9. The predicted molar refractivity (Wildman–Crippen MR) is 117 cm³/mol. The third kappa shape index (κ3) is 5.39. The Bertz CT molecular complexity index is 564. The quantitative estimate of drug-likeness (QED) is 0.790. The molecule has 2 unspecified atom stereocenters. The molecule has 1 aromatic rings. The SMILES string of the molecule is Cl.Cl.NC1C2CCCC1CC(C(=O)N1CCN(CCc3cccs3)CC1)C2. The van der Waals surface area contributed by atoms with Gasteiger partial charge in [-0.2, -0.15) is 0 Å². The first kappa shape index (κ1) is 23.0. The Kier molecular flexibility index (Phi) is 8.88. The number of rotatable bonds is 4. The van der Waals surface area contributed by atoms with Crippen LogP contribution in [0.4, 0.5) is 0 Å². The van der Waals surface area contributed by atoms with Gasteiger partial charge in [0, 0.05) is 49.6 Å². The van der Waals surface area contributed by atoms with Crippen molar-refractivity contribution in [3.63, 3.8) is 0 Å². The van der Waals surface area contributed by atoms with Crippen LogP contribution in [0.1, 0.15) is 37.0 Å². The largest absolute Gasteiger partial charge is 0.340 e. The standard InChI is InChI=1S/C20H31N3OS.2ClH/c21-19-15-3-1-4-16(19)14-17(13-15)20(24)23-10-8-22(9-11-23)7-6-18-5-2-12-25-18;;/h2,5,12,15-17,19H,1,3-4,6-11,13-14,21H2;2*1H. The molecular formula is C20H33Cl2N3OS. The van der Waals surface area contributed by atoms with Crippen molar-refractivity contribution < 1.29 is 4.79 Å². The molecule has 2 saturated carbocycles. The van der Waals surface area contributed by atoms with E-state index in [1.807, 2.05) is 11.3 Å². The van der Waals surface area contributed by atoms with Crippen molar-refractivity contribution in [2.45, 2.75) is 44.6 Å². The van der Waals surface area contributed by atoms with E-state index >= 15 is 0 Å². The Balaban J connectivity index is 0.00000131. The minimum Gasteiger partial charge on any atom is -0.340 e. The van der Waals surface area contributed by atoms with E-state index in [2.05, 4.69) is 27.3 Å². The van der Waals surface area contributed by atoms with Crippen molar-refractivity contribution in [2.24, 2.45) is 23.5 Å². The average molecular weight is 434 g/mol. The monoisotopic (exact) mass is 433 g/mol. The lowest BCUT2D eigenvalue weighted by atomic mass is 9.65. The van der Waals surface area contributed by atoms with Crippen LogP contribution >= 0.6 is 36.2 Å². The van der Waals surface area contributed by atoms with E-state index in [1.54, 1.807) is 0 Å². The van der Waals surface area contributed by atoms with Gasteiger partial charge in [-0.05, 0) is 55.4 Å². The van der Waals surface area contributed by atoms with Gasteiger partial charge in [0.15, 0.2) is 0 Å². The third-order valence-electron chi connectivity index (χ3n) is 6.70. The van der Waals surface area contributed by atoms with E-state index in [0.29, 0.717) is 23.8 Å². The van der Waals surface area contributed by atoms with Gasteiger partial charge in [-0.1, -0.05) is 12.5 Å². The molecule has 27 heavy (non-hydrogen) atoms. The Morgan fingerprint density at radius 1 is 1.11 bits per heavy atom. The first-order valence-electron chi connectivity index (χ1n) is 10.00. The second kappa shape index (κ2) is 10.4. The van der Waals surface area contributed by atoms with Crippen LogP contribution in [0, 0.1) is 17.8 Å². The molecule has 0 radical (unpaired) electrons. The number of hydrogen-bond acceptors (Lipinski definition) is 4. The number of carbonyl (C=O) groups is 1. The summed E-state index contributed by atoms with van der Waals surface area (Å²) in [5, 5.41) is 2.15.